The van der Waals surface area contributed by atoms with Crippen LogP contribution in [0.5, 0.6) is 0 Å². The first kappa shape index (κ1) is 70.5. The zero-order valence-electron chi connectivity index (χ0n) is 48.5. The summed E-state index contributed by atoms with van der Waals surface area (Å²) in [6.45, 7) is 6.30. The maximum atomic E-state index is 12.8. The second kappa shape index (κ2) is 62.1. The number of allylic oxidation sites excluding steroid dienone is 22. The molecule has 0 aliphatic heterocycles. The standard InChI is InChI=1S/C69H112O6/c1-4-7-10-13-16-19-22-24-25-26-27-28-29-30-31-32-33-34-35-36-37-38-39-40-41-42-43-45-47-50-53-56-59-62-68(71)74-65-66(64-73-67(70)61-58-55-52-49-46-21-18-15-12-9-6-3)75-69(72)63-60-57-54-51-48-44-23-20-17-14-11-8-5-2/h7-8,10-11,15-20,24-25,27-28,30-31,33-34,44,48,54,57,66H,4-6,9,12-14,21-23,26,29,32,35-43,45-47,49-53,55-56,58-65H2,1-3H3/b10-7-,11-8-,18-15-,19-16-,20-17-,25-24-,28-27-,31-30-,34-33-,48-44-,57-54-. The molecule has 0 aromatic heterocycles. The number of unbranched alkanes of at least 4 members (excludes halogenated alkanes) is 21. The normalized spacial score (nSPS) is 13.1. The molecule has 0 heterocycles. The van der Waals surface area contributed by atoms with E-state index < -0.39 is 12.1 Å². The summed E-state index contributed by atoms with van der Waals surface area (Å²) < 4.78 is 16.8. The van der Waals surface area contributed by atoms with E-state index in [1.165, 1.54) is 103 Å². The van der Waals surface area contributed by atoms with Gasteiger partial charge in [0.25, 0.3) is 0 Å². The van der Waals surface area contributed by atoms with Gasteiger partial charge in [-0.1, -0.05) is 264 Å². The highest BCUT2D eigenvalue weighted by atomic mass is 16.6. The van der Waals surface area contributed by atoms with E-state index in [0.29, 0.717) is 19.3 Å². The van der Waals surface area contributed by atoms with Crippen molar-refractivity contribution in [3.8, 4) is 0 Å². The van der Waals surface area contributed by atoms with E-state index in [0.717, 1.165) is 116 Å². The predicted octanol–water partition coefficient (Wildman–Crippen LogP) is 21.0. The topological polar surface area (TPSA) is 78.9 Å². The highest BCUT2D eigenvalue weighted by Crippen LogP contribution is 2.15. The second-order valence-electron chi connectivity index (χ2n) is 19.8. The molecule has 1 atom stereocenters. The van der Waals surface area contributed by atoms with Gasteiger partial charge >= 0.3 is 17.9 Å². The van der Waals surface area contributed by atoms with Crippen molar-refractivity contribution < 1.29 is 28.6 Å². The largest absolute Gasteiger partial charge is 0.462 e. The molecule has 0 saturated carbocycles. The lowest BCUT2D eigenvalue weighted by atomic mass is 10.0. The van der Waals surface area contributed by atoms with Crippen LogP contribution >= 0.6 is 0 Å². The Hall–Kier alpha value is -4.45. The van der Waals surface area contributed by atoms with E-state index in [1.54, 1.807) is 0 Å². The maximum Gasteiger partial charge on any atom is 0.306 e. The fourth-order valence-electron chi connectivity index (χ4n) is 8.09. The highest BCUT2D eigenvalue weighted by molar-refractivity contribution is 5.71. The van der Waals surface area contributed by atoms with Gasteiger partial charge in [-0.2, -0.15) is 0 Å². The number of ether oxygens (including phenoxy) is 3. The van der Waals surface area contributed by atoms with Crippen molar-refractivity contribution in [1.29, 1.82) is 0 Å². The van der Waals surface area contributed by atoms with E-state index in [1.807, 2.05) is 12.2 Å². The minimum absolute atomic E-state index is 0.111. The van der Waals surface area contributed by atoms with E-state index >= 15 is 0 Å². The third-order valence-corrected chi connectivity index (χ3v) is 12.6. The van der Waals surface area contributed by atoms with Crippen LogP contribution < -0.4 is 0 Å². The molecule has 75 heavy (non-hydrogen) atoms. The molecule has 0 aromatic carbocycles. The molecule has 424 valence electrons. The Bertz CT molecular complexity index is 1620. The summed E-state index contributed by atoms with van der Waals surface area (Å²) in [6.07, 6.45) is 87.7. The predicted molar refractivity (Wildman–Crippen MR) is 325 cm³/mol. The number of hydrogen-bond acceptors (Lipinski definition) is 6. The van der Waals surface area contributed by atoms with Crippen LogP contribution in [0.2, 0.25) is 0 Å². The number of carbonyl (C=O) groups is 3. The van der Waals surface area contributed by atoms with E-state index in [4.69, 9.17) is 14.2 Å². The van der Waals surface area contributed by atoms with Gasteiger partial charge in [0.2, 0.25) is 0 Å². The summed E-state index contributed by atoms with van der Waals surface area (Å²) in [4.78, 5) is 38.0. The van der Waals surface area contributed by atoms with Gasteiger partial charge in [-0.25, -0.2) is 0 Å². The van der Waals surface area contributed by atoms with E-state index in [-0.39, 0.29) is 31.6 Å². The van der Waals surface area contributed by atoms with Gasteiger partial charge in [0.15, 0.2) is 6.10 Å². The Labute approximate surface area is 462 Å². The van der Waals surface area contributed by atoms with Crippen molar-refractivity contribution in [2.45, 2.75) is 271 Å². The minimum atomic E-state index is -0.821. The molecule has 6 heteroatoms. The summed E-state index contributed by atoms with van der Waals surface area (Å²) in [6, 6.07) is 0. The third kappa shape index (κ3) is 60.3. The number of carbonyl (C=O) groups excluding carboxylic acids is 3. The molecule has 1 unspecified atom stereocenters. The van der Waals surface area contributed by atoms with Crippen LogP contribution in [-0.4, -0.2) is 37.2 Å². The number of esters is 3. The van der Waals surface area contributed by atoms with Crippen molar-refractivity contribution in [2.75, 3.05) is 13.2 Å². The molecule has 0 aliphatic rings. The molecule has 0 aromatic rings. The van der Waals surface area contributed by atoms with Gasteiger partial charge < -0.3 is 14.2 Å². The molecular weight excluding hydrogens is 925 g/mol. The first-order valence-electron chi connectivity index (χ1n) is 30.7. The van der Waals surface area contributed by atoms with Crippen LogP contribution in [0.4, 0.5) is 0 Å². The monoisotopic (exact) mass is 1040 g/mol. The molecule has 0 saturated heterocycles. The van der Waals surface area contributed by atoms with Crippen molar-refractivity contribution in [3.05, 3.63) is 134 Å². The molecule has 0 radical (unpaired) electrons. The molecular formula is C69H112O6. The zero-order chi connectivity index (χ0) is 54.3. The Balaban J connectivity index is 4.18. The van der Waals surface area contributed by atoms with Crippen LogP contribution in [0.25, 0.3) is 0 Å². The lowest BCUT2D eigenvalue weighted by Gasteiger charge is -2.18. The van der Waals surface area contributed by atoms with E-state index in [2.05, 4.69) is 142 Å². The molecule has 0 aliphatic carbocycles. The van der Waals surface area contributed by atoms with Gasteiger partial charge in [0, 0.05) is 19.3 Å². The van der Waals surface area contributed by atoms with Crippen molar-refractivity contribution in [1.82, 2.24) is 0 Å². The minimum Gasteiger partial charge on any atom is -0.462 e. The second-order valence-corrected chi connectivity index (χ2v) is 19.8. The molecule has 0 amide bonds. The maximum absolute atomic E-state index is 12.8. The smallest absolute Gasteiger partial charge is 0.306 e. The Morgan fingerprint density at radius 2 is 0.547 bits per heavy atom. The molecule has 6 nitrogen and oxygen atoms in total. The zero-order valence-corrected chi connectivity index (χ0v) is 48.5. The molecule has 0 fully saturated rings. The first-order valence-corrected chi connectivity index (χ1v) is 30.7. The summed E-state index contributed by atoms with van der Waals surface area (Å²) in [5, 5.41) is 0. The van der Waals surface area contributed by atoms with Gasteiger partial charge in [0.1, 0.15) is 13.2 Å². The van der Waals surface area contributed by atoms with Gasteiger partial charge in [-0.15, -0.1) is 0 Å². The molecule has 0 N–H and O–H groups in total. The van der Waals surface area contributed by atoms with Gasteiger partial charge in [-0.05, 0) is 116 Å². The van der Waals surface area contributed by atoms with Crippen LogP contribution in [0.1, 0.15) is 265 Å². The molecule has 0 bridgehead atoms. The summed E-state index contributed by atoms with van der Waals surface area (Å²) >= 11 is 0. The molecule has 0 rings (SSSR count). The summed E-state index contributed by atoms with van der Waals surface area (Å²) in [5.74, 6) is -1.01. The van der Waals surface area contributed by atoms with Gasteiger partial charge in [0.05, 0.1) is 0 Å². The fraction of sp³-hybridized carbons (Fsp3) is 0.638. The van der Waals surface area contributed by atoms with Crippen molar-refractivity contribution >= 4 is 17.9 Å². The Kier molecular flexibility index (Phi) is 58.4. The van der Waals surface area contributed by atoms with Crippen LogP contribution in [0.3, 0.4) is 0 Å². The fourth-order valence-corrected chi connectivity index (χ4v) is 8.09. The lowest BCUT2D eigenvalue weighted by molar-refractivity contribution is -0.166. The quantitative estimate of drug-likeness (QED) is 0.0261. The molecule has 0 spiro atoms. The van der Waals surface area contributed by atoms with Crippen LogP contribution in [-0.2, 0) is 28.6 Å². The van der Waals surface area contributed by atoms with Gasteiger partial charge in [-0.3, -0.25) is 14.4 Å². The summed E-state index contributed by atoms with van der Waals surface area (Å²) in [5.41, 5.74) is 0. The Morgan fingerprint density at radius 3 is 0.880 bits per heavy atom. The summed E-state index contributed by atoms with van der Waals surface area (Å²) in [7, 11) is 0. The lowest BCUT2D eigenvalue weighted by Crippen LogP contribution is -2.30. The number of hydrogen-bond donors (Lipinski definition) is 0. The average molecular weight is 1040 g/mol. The van der Waals surface area contributed by atoms with Crippen LogP contribution in [0.15, 0.2) is 134 Å². The SMILES string of the molecule is CC/C=C\C/C=C\C/C=C\C/C=C\C/C=C\C/C=C\CCCCCCCCCCCCCCCCC(=O)OCC(COC(=O)CCCCCCC/C=C\CCCC)OC(=O)CC/C=C\C/C=C\C/C=C\C/C=C\CC. The third-order valence-electron chi connectivity index (χ3n) is 12.6. The van der Waals surface area contributed by atoms with Crippen molar-refractivity contribution in [2.24, 2.45) is 0 Å². The van der Waals surface area contributed by atoms with E-state index in [9.17, 15) is 14.4 Å². The van der Waals surface area contributed by atoms with Crippen molar-refractivity contribution in [3.63, 3.8) is 0 Å². The first-order chi connectivity index (χ1) is 37.0. The highest BCUT2D eigenvalue weighted by Gasteiger charge is 2.19. The Morgan fingerprint density at radius 1 is 0.280 bits per heavy atom. The van der Waals surface area contributed by atoms with Crippen LogP contribution in [0, 0.1) is 0 Å². The average Bonchev–Trinajstić information content (AvgIpc) is 3.41. The number of rotatable bonds is 54.